The Kier molecular flexibility index (Phi) is 7.78. The van der Waals surface area contributed by atoms with E-state index in [2.05, 4.69) is 35.7 Å². The predicted molar refractivity (Wildman–Crippen MR) is 144 cm³/mol. The van der Waals surface area contributed by atoms with E-state index < -0.39 is 46.5 Å². The second-order valence-electron chi connectivity index (χ2n) is 9.75. The Morgan fingerprint density at radius 2 is 1.39 bits per heavy atom. The SMILES string of the molecule is CCC(C)Cc1ccc(-c2ccc3nc(-c4cc(F)c(C(F)(F)Oc5cc(F)c(F)c(F)c5)c(F)c4)sc3c2)cc1. The number of rotatable bonds is 8. The van der Waals surface area contributed by atoms with Gasteiger partial charge in [0.1, 0.15) is 28.0 Å². The average Bonchev–Trinajstić information content (AvgIpc) is 3.35. The predicted octanol–water partition coefficient (Wildman–Crippen LogP) is 10.0. The van der Waals surface area contributed by atoms with Crippen LogP contribution in [0.15, 0.2) is 66.7 Å². The summed E-state index contributed by atoms with van der Waals surface area (Å²) in [5.74, 6) is -9.40. The van der Waals surface area contributed by atoms with Crippen LogP contribution in [-0.4, -0.2) is 4.98 Å². The standard InChI is InChI=1S/C31H22F7NOS/c1-3-16(2)10-17-4-6-18(7-5-17)19-8-9-26-27(13-19)41-30(39-26)20-11-22(32)28(23(33)12-20)31(37,38)40-21-14-24(34)29(36)25(35)15-21/h4-9,11-16H,3,10H2,1-2H3. The monoisotopic (exact) mass is 589 g/mol. The van der Waals surface area contributed by atoms with Crippen molar-refractivity contribution in [2.75, 3.05) is 0 Å². The Labute approximate surface area is 235 Å². The molecule has 0 spiro atoms. The van der Waals surface area contributed by atoms with Crippen molar-refractivity contribution < 1.29 is 35.5 Å². The molecule has 0 saturated heterocycles. The van der Waals surface area contributed by atoms with Crippen LogP contribution < -0.4 is 4.74 Å². The zero-order valence-corrected chi connectivity index (χ0v) is 22.6. The summed E-state index contributed by atoms with van der Waals surface area (Å²) < 4.78 is 104. The molecule has 0 aliphatic heterocycles. The summed E-state index contributed by atoms with van der Waals surface area (Å²) in [6.07, 6.45) is -2.59. The summed E-state index contributed by atoms with van der Waals surface area (Å²) in [5.41, 5.74) is 1.84. The molecule has 0 aliphatic carbocycles. The van der Waals surface area contributed by atoms with E-state index in [1.807, 2.05) is 24.3 Å². The van der Waals surface area contributed by atoms with Crippen molar-refractivity contribution in [3.05, 3.63) is 107 Å². The molecular formula is C31H22F7NOS. The summed E-state index contributed by atoms with van der Waals surface area (Å²) in [5, 5.41) is 0.192. The molecule has 0 saturated carbocycles. The van der Waals surface area contributed by atoms with Gasteiger partial charge in [-0.3, -0.25) is 0 Å². The zero-order chi connectivity index (χ0) is 29.5. The number of benzene rings is 4. The third-order valence-corrected chi connectivity index (χ3v) is 7.81. The second-order valence-corrected chi connectivity index (χ2v) is 10.8. The molecule has 1 heterocycles. The van der Waals surface area contributed by atoms with Gasteiger partial charge in [-0.1, -0.05) is 50.6 Å². The lowest BCUT2D eigenvalue weighted by Crippen LogP contribution is -2.25. The van der Waals surface area contributed by atoms with Crippen molar-refractivity contribution >= 4 is 21.6 Å². The van der Waals surface area contributed by atoms with Crippen molar-refractivity contribution in [2.45, 2.75) is 32.8 Å². The van der Waals surface area contributed by atoms with E-state index in [1.165, 1.54) is 5.56 Å². The van der Waals surface area contributed by atoms with Crippen LogP contribution in [0.1, 0.15) is 31.4 Å². The van der Waals surface area contributed by atoms with Gasteiger partial charge in [-0.2, -0.15) is 8.78 Å². The summed E-state index contributed by atoms with van der Waals surface area (Å²) in [4.78, 5) is 4.39. The highest BCUT2D eigenvalue weighted by molar-refractivity contribution is 7.21. The number of thiazole rings is 1. The van der Waals surface area contributed by atoms with Crippen molar-refractivity contribution in [1.82, 2.24) is 4.98 Å². The second kappa shape index (κ2) is 11.2. The van der Waals surface area contributed by atoms with Crippen molar-refractivity contribution in [3.8, 4) is 27.4 Å². The third-order valence-electron chi connectivity index (χ3n) is 6.74. The minimum Gasteiger partial charge on any atom is -0.429 e. The normalized spacial score (nSPS) is 12.6. The maximum atomic E-state index is 14.9. The fraction of sp³-hybridized carbons (Fsp3) is 0.194. The number of hydrogen-bond acceptors (Lipinski definition) is 3. The molecule has 10 heteroatoms. The minimum atomic E-state index is -4.67. The van der Waals surface area contributed by atoms with Crippen LogP contribution in [0.2, 0.25) is 0 Å². The van der Waals surface area contributed by atoms with Crippen molar-refractivity contribution in [3.63, 3.8) is 0 Å². The van der Waals surface area contributed by atoms with E-state index in [0.717, 1.165) is 40.0 Å². The van der Waals surface area contributed by atoms with E-state index in [1.54, 1.807) is 6.07 Å². The van der Waals surface area contributed by atoms with Gasteiger partial charge in [0.05, 0.1) is 10.2 Å². The highest BCUT2D eigenvalue weighted by atomic mass is 32.1. The molecule has 0 aliphatic rings. The first-order valence-electron chi connectivity index (χ1n) is 12.7. The molecule has 1 atom stereocenters. The summed E-state index contributed by atoms with van der Waals surface area (Å²) >= 11 is 1.13. The maximum Gasteiger partial charge on any atom is 0.432 e. The Morgan fingerprint density at radius 1 is 0.780 bits per heavy atom. The first kappa shape index (κ1) is 28.6. The molecule has 0 bridgehead atoms. The first-order chi connectivity index (χ1) is 19.4. The summed E-state index contributed by atoms with van der Waals surface area (Å²) in [6.45, 7) is 4.35. The molecule has 4 aromatic carbocycles. The van der Waals surface area contributed by atoms with E-state index in [0.29, 0.717) is 23.6 Å². The number of ether oxygens (including phenoxy) is 1. The number of halogens is 7. The van der Waals surface area contributed by atoms with Gasteiger partial charge in [0.25, 0.3) is 0 Å². The fourth-order valence-corrected chi connectivity index (χ4v) is 5.36. The number of hydrogen-bond donors (Lipinski definition) is 0. The van der Waals surface area contributed by atoms with Crippen LogP contribution in [0.5, 0.6) is 5.75 Å². The van der Waals surface area contributed by atoms with Gasteiger partial charge < -0.3 is 4.74 Å². The van der Waals surface area contributed by atoms with Crippen LogP contribution >= 0.6 is 11.3 Å². The molecule has 212 valence electrons. The Balaban J connectivity index is 1.42. The third kappa shape index (κ3) is 5.93. The summed E-state index contributed by atoms with van der Waals surface area (Å²) in [6, 6.07) is 15.4. The molecular weight excluding hydrogens is 567 g/mol. The van der Waals surface area contributed by atoms with Gasteiger partial charge in [0.15, 0.2) is 17.5 Å². The van der Waals surface area contributed by atoms with Gasteiger partial charge in [-0.15, -0.1) is 11.3 Å². The lowest BCUT2D eigenvalue weighted by atomic mass is 9.97. The van der Waals surface area contributed by atoms with Gasteiger partial charge >= 0.3 is 6.11 Å². The van der Waals surface area contributed by atoms with E-state index in [-0.39, 0.29) is 22.7 Å². The number of nitrogens with zero attached hydrogens (tertiary/aromatic N) is 1. The average molecular weight is 590 g/mol. The highest BCUT2D eigenvalue weighted by Crippen LogP contribution is 2.39. The van der Waals surface area contributed by atoms with Gasteiger partial charge in [-0.25, -0.2) is 26.9 Å². The summed E-state index contributed by atoms with van der Waals surface area (Å²) in [7, 11) is 0. The quantitative estimate of drug-likeness (QED) is 0.133. The minimum absolute atomic E-state index is 0.0874. The molecule has 41 heavy (non-hydrogen) atoms. The highest BCUT2D eigenvalue weighted by Gasteiger charge is 2.41. The van der Waals surface area contributed by atoms with Crippen molar-refractivity contribution in [2.24, 2.45) is 5.92 Å². The van der Waals surface area contributed by atoms with E-state index in [4.69, 9.17) is 0 Å². The van der Waals surface area contributed by atoms with Gasteiger partial charge in [0.2, 0.25) is 0 Å². The topological polar surface area (TPSA) is 22.1 Å². The maximum absolute atomic E-state index is 14.9. The zero-order valence-electron chi connectivity index (χ0n) is 21.8. The largest absolute Gasteiger partial charge is 0.432 e. The van der Waals surface area contributed by atoms with Gasteiger partial charge in [-0.05, 0) is 53.3 Å². The number of aromatic nitrogens is 1. The van der Waals surface area contributed by atoms with Crippen LogP contribution in [-0.2, 0) is 12.5 Å². The van der Waals surface area contributed by atoms with Crippen LogP contribution in [0.25, 0.3) is 31.9 Å². The molecule has 1 unspecified atom stereocenters. The number of alkyl halides is 2. The smallest absolute Gasteiger partial charge is 0.429 e. The molecule has 0 amide bonds. The molecule has 0 radical (unpaired) electrons. The molecule has 5 aromatic rings. The van der Waals surface area contributed by atoms with Crippen LogP contribution in [0.4, 0.5) is 30.7 Å². The Hall–Kier alpha value is -3.92. The molecule has 5 rings (SSSR count). The van der Waals surface area contributed by atoms with E-state index in [9.17, 15) is 30.7 Å². The Morgan fingerprint density at radius 3 is 2.00 bits per heavy atom. The first-order valence-corrected chi connectivity index (χ1v) is 13.5. The fourth-order valence-electron chi connectivity index (χ4n) is 4.37. The molecule has 0 fully saturated rings. The Bertz CT molecular complexity index is 1690. The number of fused-ring (bicyclic) bond motifs is 1. The van der Waals surface area contributed by atoms with Crippen LogP contribution in [0, 0.1) is 35.0 Å². The molecule has 2 nitrogen and oxygen atoms in total. The van der Waals surface area contributed by atoms with Gasteiger partial charge in [0, 0.05) is 17.7 Å². The lowest BCUT2D eigenvalue weighted by Gasteiger charge is -2.20. The molecule has 1 aromatic heterocycles. The van der Waals surface area contributed by atoms with E-state index >= 15 is 0 Å². The lowest BCUT2D eigenvalue weighted by molar-refractivity contribution is -0.189. The van der Waals surface area contributed by atoms with Crippen molar-refractivity contribution in [1.29, 1.82) is 0 Å². The molecule has 0 N–H and O–H groups in total. The van der Waals surface area contributed by atoms with Crippen LogP contribution in [0.3, 0.4) is 0 Å².